The molecule has 104 valence electrons. The summed E-state index contributed by atoms with van der Waals surface area (Å²) >= 11 is 3.31. The number of rotatable bonds is 4. The van der Waals surface area contributed by atoms with Crippen LogP contribution in [0.1, 0.15) is 24.9 Å². The van der Waals surface area contributed by atoms with Gasteiger partial charge in [-0.2, -0.15) is 0 Å². The zero-order chi connectivity index (χ0) is 13.8. The van der Waals surface area contributed by atoms with Crippen molar-refractivity contribution in [3.8, 4) is 0 Å². The zero-order valence-electron chi connectivity index (χ0n) is 11.3. The molecule has 2 rings (SSSR count). The first-order valence-electron chi connectivity index (χ1n) is 6.62. The van der Waals surface area contributed by atoms with Crippen LogP contribution in [0.3, 0.4) is 0 Å². The van der Waals surface area contributed by atoms with E-state index in [9.17, 15) is 4.39 Å². The molecule has 0 amide bonds. The monoisotopic (exact) mass is 326 g/mol. The molecule has 0 spiro atoms. The van der Waals surface area contributed by atoms with Gasteiger partial charge in [-0.1, -0.05) is 27.6 Å². The third kappa shape index (κ3) is 3.88. The van der Waals surface area contributed by atoms with Crippen molar-refractivity contribution in [2.45, 2.75) is 19.4 Å². The van der Waals surface area contributed by atoms with Gasteiger partial charge in [-0.25, -0.2) is 4.39 Å². The average Bonchev–Trinajstić information content (AvgIpc) is 2.37. The molecular weight excluding hydrogens is 307 g/mol. The molecule has 1 atom stereocenters. The molecule has 0 unspecified atom stereocenters. The predicted octanol–water partition coefficient (Wildman–Crippen LogP) is 3.50. The number of hydrogen-bond acceptors (Lipinski definition) is 2. The summed E-state index contributed by atoms with van der Waals surface area (Å²) in [5.74, 6) is -0.140. The van der Waals surface area contributed by atoms with Crippen molar-refractivity contribution in [2.24, 2.45) is 0 Å². The number of nitrogens with one attached hydrogen (secondary N) is 1. The molecule has 1 aliphatic heterocycles. The van der Waals surface area contributed by atoms with Crippen molar-refractivity contribution < 1.29 is 4.39 Å². The van der Waals surface area contributed by atoms with E-state index in [-0.39, 0.29) is 11.9 Å². The molecule has 1 heterocycles. The molecule has 0 radical (unpaired) electrons. The average molecular weight is 327 g/mol. The minimum Gasteiger partial charge on any atom is -0.314 e. The summed E-state index contributed by atoms with van der Waals surface area (Å²) in [7, 11) is 0. The highest BCUT2D eigenvalue weighted by molar-refractivity contribution is 9.10. The van der Waals surface area contributed by atoms with Gasteiger partial charge in [0.25, 0.3) is 0 Å². The van der Waals surface area contributed by atoms with Crippen molar-refractivity contribution in [1.82, 2.24) is 10.2 Å². The first-order chi connectivity index (χ1) is 9.08. The Morgan fingerprint density at radius 1 is 1.47 bits per heavy atom. The fraction of sp³-hybridized carbons (Fsp3) is 0.467. The number of hydrogen-bond donors (Lipinski definition) is 1. The van der Waals surface area contributed by atoms with Gasteiger partial charge in [0.15, 0.2) is 0 Å². The molecular formula is C15H20BrFN2. The van der Waals surface area contributed by atoms with Crippen molar-refractivity contribution in [3.05, 3.63) is 46.2 Å². The summed E-state index contributed by atoms with van der Waals surface area (Å²) in [6, 6.07) is 5.43. The van der Waals surface area contributed by atoms with E-state index in [1.807, 2.05) is 19.1 Å². The van der Waals surface area contributed by atoms with E-state index < -0.39 is 0 Å². The Labute approximate surface area is 122 Å². The lowest BCUT2D eigenvalue weighted by molar-refractivity contribution is 0.169. The van der Waals surface area contributed by atoms with Gasteiger partial charge in [0.1, 0.15) is 5.82 Å². The number of piperazine rings is 1. The highest BCUT2D eigenvalue weighted by atomic mass is 79.9. The van der Waals surface area contributed by atoms with E-state index >= 15 is 0 Å². The normalized spacial score (nSPS) is 18.3. The predicted molar refractivity (Wildman–Crippen MR) is 80.7 cm³/mol. The minimum atomic E-state index is -0.140. The molecule has 0 aliphatic carbocycles. The van der Waals surface area contributed by atoms with Gasteiger partial charge in [0.05, 0.1) is 0 Å². The van der Waals surface area contributed by atoms with E-state index in [1.165, 1.54) is 0 Å². The molecule has 0 aromatic heterocycles. The Balaban J connectivity index is 2.27. The summed E-state index contributed by atoms with van der Waals surface area (Å²) in [6.45, 7) is 9.82. The summed E-state index contributed by atoms with van der Waals surface area (Å²) in [5.41, 5.74) is 1.86. The fourth-order valence-corrected chi connectivity index (χ4v) is 2.86. The van der Waals surface area contributed by atoms with E-state index in [1.54, 1.807) is 6.07 Å². The second-order valence-corrected chi connectivity index (χ2v) is 6.04. The second kappa shape index (κ2) is 6.64. The van der Waals surface area contributed by atoms with E-state index in [0.717, 1.165) is 48.2 Å². The number of nitrogens with zero attached hydrogens (tertiary/aromatic N) is 1. The van der Waals surface area contributed by atoms with Gasteiger partial charge in [0.2, 0.25) is 0 Å². The lowest BCUT2D eigenvalue weighted by atomic mass is 9.97. The van der Waals surface area contributed by atoms with Crippen LogP contribution in [-0.2, 0) is 0 Å². The molecule has 4 heteroatoms. The Hall–Kier alpha value is -0.710. The van der Waals surface area contributed by atoms with Crippen molar-refractivity contribution >= 4 is 15.9 Å². The maximum absolute atomic E-state index is 14.2. The Morgan fingerprint density at radius 3 is 2.74 bits per heavy atom. The largest absolute Gasteiger partial charge is 0.314 e. The van der Waals surface area contributed by atoms with Crippen LogP contribution in [0, 0.1) is 5.82 Å². The highest BCUT2D eigenvalue weighted by Crippen LogP contribution is 2.30. The first-order valence-corrected chi connectivity index (χ1v) is 7.41. The maximum atomic E-state index is 14.2. The molecule has 2 nitrogen and oxygen atoms in total. The van der Waals surface area contributed by atoms with Gasteiger partial charge < -0.3 is 5.32 Å². The molecule has 1 fully saturated rings. The van der Waals surface area contributed by atoms with Crippen LogP contribution >= 0.6 is 15.9 Å². The molecule has 1 aromatic rings. The zero-order valence-corrected chi connectivity index (χ0v) is 12.8. The van der Waals surface area contributed by atoms with Gasteiger partial charge in [-0.15, -0.1) is 6.58 Å². The summed E-state index contributed by atoms with van der Waals surface area (Å²) in [4.78, 5) is 2.34. The first kappa shape index (κ1) is 14.7. The Bertz CT molecular complexity index is 455. The van der Waals surface area contributed by atoms with Gasteiger partial charge in [0, 0.05) is 42.3 Å². The van der Waals surface area contributed by atoms with Crippen LogP contribution in [-0.4, -0.2) is 31.1 Å². The summed E-state index contributed by atoms with van der Waals surface area (Å²) < 4.78 is 15.0. The molecule has 1 N–H and O–H groups in total. The van der Waals surface area contributed by atoms with Crippen LogP contribution in [0.5, 0.6) is 0 Å². The van der Waals surface area contributed by atoms with E-state index in [0.29, 0.717) is 0 Å². The molecule has 19 heavy (non-hydrogen) atoms. The molecule has 0 saturated carbocycles. The lowest BCUT2D eigenvalue weighted by Crippen LogP contribution is -2.45. The molecule has 1 saturated heterocycles. The van der Waals surface area contributed by atoms with Crippen LogP contribution in [0.4, 0.5) is 4.39 Å². The SMILES string of the molecule is C=C(C)C[C@@H](c1ccc(Br)cc1F)N1CCNCC1. The topological polar surface area (TPSA) is 15.3 Å². The van der Waals surface area contributed by atoms with Crippen LogP contribution in [0.2, 0.25) is 0 Å². The maximum Gasteiger partial charge on any atom is 0.129 e. The standard InChI is InChI=1S/C15H20BrFN2/c1-11(2)9-15(19-7-5-18-6-8-19)13-4-3-12(16)10-14(13)17/h3-4,10,15,18H,1,5-9H2,2H3/t15-/m0/s1. The smallest absolute Gasteiger partial charge is 0.129 e. The van der Waals surface area contributed by atoms with Gasteiger partial charge >= 0.3 is 0 Å². The third-order valence-corrected chi connectivity index (χ3v) is 3.95. The fourth-order valence-electron chi connectivity index (χ4n) is 2.53. The second-order valence-electron chi connectivity index (χ2n) is 5.13. The van der Waals surface area contributed by atoms with E-state index in [4.69, 9.17) is 0 Å². The number of benzene rings is 1. The molecule has 1 aromatic carbocycles. The van der Waals surface area contributed by atoms with E-state index in [2.05, 4.69) is 32.7 Å². The Morgan fingerprint density at radius 2 is 2.16 bits per heavy atom. The van der Waals surface area contributed by atoms with Crippen molar-refractivity contribution in [3.63, 3.8) is 0 Å². The summed E-state index contributed by atoms with van der Waals surface area (Å²) in [5, 5.41) is 3.33. The Kier molecular flexibility index (Phi) is 5.13. The summed E-state index contributed by atoms with van der Waals surface area (Å²) in [6.07, 6.45) is 0.804. The van der Waals surface area contributed by atoms with Gasteiger partial charge in [-0.3, -0.25) is 4.90 Å². The molecule has 1 aliphatic rings. The van der Waals surface area contributed by atoms with Crippen molar-refractivity contribution in [2.75, 3.05) is 26.2 Å². The van der Waals surface area contributed by atoms with Crippen LogP contribution < -0.4 is 5.32 Å². The lowest BCUT2D eigenvalue weighted by Gasteiger charge is -2.35. The third-order valence-electron chi connectivity index (χ3n) is 3.46. The highest BCUT2D eigenvalue weighted by Gasteiger charge is 2.24. The quantitative estimate of drug-likeness (QED) is 0.852. The van der Waals surface area contributed by atoms with Crippen LogP contribution in [0.15, 0.2) is 34.8 Å². The number of halogens is 2. The van der Waals surface area contributed by atoms with Gasteiger partial charge in [-0.05, 0) is 25.5 Å². The minimum absolute atomic E-state index is 0.0905. The van der Waals surface area contributed by atoms with Crippen molar-refractivity contribution in [1.29, 1.82) is 0 Å². The molecule has 0 bridgehead atoms. The van der Waals surface area contributed by atoms with Crippen LogP contribution in [0.25, 0.3) is 0 Å².